The summed E-state index contributed by atoms with van der Waals surface area (Å²) < 4.78 is 10.4. The van der Waals surface area contributed by atoms with Gasteiger partial charge in [0.25, 0.3) is 11.8 Å². The number of hydrogen-bond donors (Lipinski definition) is 2. The van der Waals surface area contributed by atoms with Crippen LogP contribution in [-0.2, 0) is 14.4 Å². The molecular weight excluding hydrogens is 372 g/mol. The molecule has 1 aliphatic carbocycles. The highest BCUT2D eigenvalue weighted by Crippen LogP contribution is 2.55. The molecule has 1 saturated heterocycles. The van der Waals surface area contributed by atoms with Crippen molar-refractivity contribution < 1.29 is 23.9 Å². The molecule has 1 heterocycles. The van der Waals surface area contributed by atoms with Crippen molar-refractivity contribution in [2.45, 2.75) is 24.7 Å². The summed E-state index contributed by atoms with van der Waals surface area (Å²) in [5.74, 6) is -0.625. The molecule has 2 amide bonds. The summed E-state index contributed by atoms with van der Waals surface area (Å²) in [6.45, 7) is 0. The maximum Gasteiger partial charge on any atom is 0.255 e. The standard InChI is InChI=1S/C22H22N2O5/c1-28-16-7-3-13(4-8-16)18-11-15(25)12-19(14-5-9-17(29-2)10-6-14)22(18)20(26)23-24-21(22)27/h3-10,18-19H,11-12H2,1-2H3,(H,23,26)(H,24,27). The molecule has 29 heavy (non-hydrogen) atoms. The normalized spacial score (nSPS) is 22.9. The van der Waals surface area contributed by atoms with Gasteiger partial charge in [0.05, 0.1) is 14.2 Å². The van der Waals surface area contributed by atoms with Crippen molar-refractivity contribution in [2.75, 3.05) is 14.2 Å². The third-order valence-electron chi connectivity index (χ3n) is 6.04. The molecule has 7 nitrogen and oxygen atoms in total. The summed E-state index contributed by atoms with van der Waals surface area (Å²) in [5.41, 5.74) is 5.08. The maximum absolute atomic E-state index is 13.1. The first-order valence-electron chi connectivity index (χ1n) is 9.41. The summed E-state index contributed by atoms with van der Waals surface area (Å²) >= 11 is 0. The van der Waals surface area contributed by atoms with Crippen LogP contribution in [0.3, 0.4) is 0 Å². The lowest BCUT2D eigenvalue weighted by Crippen LogP contribution is -2.50. The summed E-state index contributed by atoms with van der Waals surface area (Å²) in [4.78, 5) is 39.0. The number of hydrazine groups is 1. The minimum absolute atomic E-state index is 0.0183. The summed E-state index contributed by atoms with van der Waals surface area (Å²) in [6, 6.07) is 14.3. The van der Waals surface area contributed by atoms with E-state index in [0.717, 1.165) is 11.1 Å². The molecule has 0 radical (unpaired) electrons. The van der Waals surface area contributed by atoms with E-state index in [1.54, 1.807) is 38.5 Å². The Morgan fingerprint density at radius 1 is 0.724 bits per heavy atom. The number of carbonyl (C=O) groups is 3. The number of rotatable bonds is 4. The number of ketones is 1. The van der Waals surface area contributed by atoms with Crippen LogP contribution in [0.25, 0.3) is 0 Å². The predicted octanol–water partition coefficient (Wildman–Crippen LogP) is 2.08. The Kier molecular flexibility index (Phi) is 4.74. The van der Waals surface area contributed by atoms with Crippen LogP contribution < -0.4 is 20.3 Å². The fourth-order valence-electron chi connectivity index (χ4n) is 4.59. The predicted molar refractivity (Wildman–Crippen MR) is 104 cm³/mol. The van der Waals surface area contributed by atoms with Crippen molar-refractivity contribution in [3.8, 4) is 11.5 Å². The molecule has 150 valence electrons. The van der Waals surface area contributed by atoms with Gasteiger partial charge in [-0.3, -0.25) is 25.2 Å². The molecule has 2 fully saturated rings. The molecule has 0 bridgehead atoms. The minimum atomic E-state index is -1.41. The van der Waals surface area contributed by atoms with E-state index >= 15 is 0 Å². The molecular formula is C22H22N2O5. The van der Waals surface area contributed by atoms with Gasteiger partial charge in [-0.2, -0.15) is 0 Å². The zero-order valence-electron chi connectivity index (χ0n) is 16.2. The van der Waals surface area contributed by atoms with Gasteiger partial charge in [0.1, 0.15) is 22.7 Å². The monoisotopic (exact) mass is 394 g/mol. The van der Waals surface area contributed by atoms with Crippen LogP contribution in [0.4, 0.5) is 0 Å². The van der Waals surface area contributed by atoms with Crippen LogP contribution in [0.5, 0.6) is 11.5 Å². The van der Waals surface area contributed by atoms with Crippen molar-refractivity contribution in [3.63, 3.8) is 0 Å². The number of Topliss-reactive ketones (excluding diaryl/α,β-unsaturated/α-hetero) is 1. The number of carbonyl (C=O) groups excluding carboxylic acids is 3. The SMILES string of the molecule is COc1ccc(C2CC(=O)CC(c3ccc(OC)cc3)C23C(=O)NNC3=O)cc1. The van der Waals surface area contributed by atoms with Crippen molar-refractivity contribution in [2.24, 2.45) is 5.41 Å². The van der Waals surface area contributed by atoms with Gasteiger partial charge in [-0.25, -0.2) is 0 Å². The van der Waals surface area contributed by atoms with Gasteiger partial charge in [-0.05, 0) is 35.4 Å². The fraction of sp³-hybridized carbons (Fsp3) is 0.318. The molecule has 1 spiro atoms. The Balaban J connectivity index is 1.86. The molecule has 7 heteroatoms. The van der Waals surface area contributed by atoms with Gasteiger partial charge >= 0.3 is 0 Å². The van der Waals surface area contributed by atoms with E-state index in [1.165, 1.54) is 0 Å². The van der Waals surface area contributed by atoms with Crippen LogP contribution in [0, 0.1) is 5.41 Å². The highest BCUT2D eigenvalue weighted by Gasteiger charge is 2.64. The average Bonchev–Trinajstić information content (AvgIpc) is 3.04. The topological polar surface area (TPSA) is 93.7 Å². The Labute approximate surface area is 168 Å². The van der Waals surface area contributed by atoms with Crippen LogP contribution >= 0.6 is 0 Å². The number of benzene rings is 2. The molecule has 1 saturated carbocycles. The largest absolute Gasteiger partial charge is 0.497 e. The Morgan fingerprint density at radius 3 is 1.45 bits per heavy atom. The first kappa shape index (κ1) is 19.0. The second kappa shape index (κ2) is 7.24. The maximum atomic E-state index is 13.1. The lowest BCUT2D eigenvalue weighted by Gasteiger charge is -2.42. The van der Waals surface area contributed by atoms with Gasteiger partial charge in [0.2, 0.25) is 0 Å². The van der Waals surface area contributed by atoms with Gasteiger partial charge in [-0.1, -0.05) is 24.3 Å². The molecule has 2 N–H and O–H groups in total. The average molecular weight is 394 g/mol. The van der Waals surface area contributed by atoms with E-state index in [0.29, 0.717) is 11.5 Å². The molecule has 0 aromatic heterocycles. The van der Waals surface area contributed by atoms with Crippen molar-refractivity contribution in [3.05, 3.63) is 59.7 Å². The summed E-state index contributed by atoms with van der Waals surface area (Å²) in [7, 11) is 3.14. The lowest BCUT2D eigenvalue weighted by atomic mass is 9.55. The molecule has 2 aromatic carbocycles. The second-order valence-corrected chi connectivity index (χ2v) is 7.38. The number of amides is 2. The molecule has 1 aliphatic heterocycles. The quantitative estimate of drug-likeness (QED) is 0.775. The highest BCUT2D eigenvalue weighted by molar-refractivity contribution is 6.13. The van der Waals surface area contributed by atoms with E-state index in [9.17, 15) is 14.4 Å². The van der Waals surface area contributed by atoms with Crippen molar-refractivity contribution >= 4 is 17.6 Å². The van der Waals surface area contributed by atoms with E-state index in [4.69, 9.17) is 9.47 Å². The number of methoxy groups -OCH3 is 2. The number of ether oxygens (including phenoxy) is 2. The smallest absolute Gasteiger partial charge is 0.255 e. The molecule has 4 rings (SSSR count). The molecule has 2 aliphatic rings. The van der Waals surface area contributed by atoms with Crippen LogP contribution in [-0.4, -0.2) is 31.8 Å². The zero-order valence-corrected chi connectivity index (χ0v) is 16.2. The van der Waals surface area contributed by atoms with Crippen LogP contribution in [0.1, 0.15) is 35.8 Å². The lowest BCUT2D eigenvalue weighted by molar-refractivity contribution is -0.143. The van der Waals surface area contributed by atoms with E-state index in [1.807, 2.05) is 24.3 Å². The van der Waals surface area contributed by atoms with Gasteiger partial charge < -0.3 is 9.47 Å². The van der Waals surface area contributed by atoms with Crippen molar-refractivity contribution in [1.29, 1.82) is 0 Å². The van der Waals surface area contributed by atoms with Crippen LogP contribution in [0.15, 0.2) is 48.5 Å². The van der Waals surface area contributed by atoms with Gasteiger partial charge in [0, 0.05) is 24.7 Å². The molecule has 2 aromatic rings. The highest BCUT2D eigenvalue weighted by atomic mass is 16.5. The van der Waals surface area contributed by atoms with E-state index < -0.39 is 29.1 Å². The minimum Gasteiger partial charge on any atom is -0.497 e. The third kappa shape index (κ3) is 2.93. The summed E-state index contributed by atoms with van der Waals surface area (Å²) in [6.07, 6.45) is 0.250. The Hall–Kier alpha value is -3.35. The fourth-order valence-corrected chi connectivity index (χ4v) is 4.59. The van der Waals surface area contributed by atoms with E-state index in [-0.39, 0.29) is 18.6 Å². The van der Waals surface area contributed by atoms with E-state index in [2.05, 4.69) is 10.9 Å². The third-order valence-corrected chi connectivity index (χ3v) is 6.04. The number of hydrogen-bond acceptors (Lipinski definition) is 5. The van der Waals surface area contributed by atoms with Gasteiger partial charge in [0.15, 0.2) is 0 Å². The van der Waals surface area contributed by atoms with Crippen molar-refractivity contribution in [1.82, 2.24) is 10.9 Å². The first-order chi connectivity index (χ1) is 14.0. The number of nitrogens with one attached hydrogen (secondary N) is 2. The molecule has 2 unspecified atom stereocenters. The van der Waals surface area contributed by atoms with Crippen LogP contribution in [0.2, 0.25) is 0 Å². The second-order valence-electron chi connectivity index (χ2n) is 7.38. The first-order valence-corrected chi connectivity index (χ1v) is 9.41. The summed E-state index contributed by atoms with van der Waals surface area (Å²) in [5, 5.41) is 0. The van der Waals surface area contributed by atoms with Gasteiger partial charge in [-0.15, -0.1) is 0 Å². The Bertz CT molecular complexity index is 875. The zero-order chi connectivity index (χ0) is 20.6. The molecule has 2 atom stereocenters. The Morgan fingerprint density at radius 2 is 1.10 bits per heavy atom.